The molecule has 1 atom stereocenters. The molecule has 0 aromatic heterocycles. The summed E-state index contributed by atoms with van der Waals surface area (Å²) in [5.74, 6) is 2.46. The third-order valence-electron chi connectivity index (χ3n) is 2.17. The molecular formula is C12H11NO. The van der Waals surface area contributed by atoms with Gasteiger partial charge in [-0.05, 0) is 11.6 Å². The highest BCUT2D eigenvalue weighted by atomic mass is 16.3. The molecule has 70 valence electrons. The Bertz CT molecular complexity index is 409. The van der Waals surface area contributed by atoms with Gasteiger partial charge < -0.3 is 5.11 Å². The first-order valence-electron chi connectivity index (χ1n) is 4.35. The zero-order valence-corrected chi connectivity index (χ0v) is 7.99. The highest BCUT2D eigenvalue weighted by Gasteiger charge is 2.11. The van der Waals surface area contributed by atoms with Crippen molar-refractivity contribution in [1.29, 1.82) is 5.26 Å². The molecule has 1 aromatic carbocycles. The molecule has 2 nitrogen and oxygen atoms in total. The second kappa shape index (κ2) is 4.46. The Kier molecular flexibility index (Phi) is 3.29. The summed E-state index contributed by atoms with van der Waals surface area (Å²) in [6, 6.07) is 7.35. The molecule has 0 aliphatic heterocycles. The number of nitrogens with zero attached hydrogens (tertiary/aromatic N) is 1. The Morgan fingerprint density at radius 1 is 1.57 bits per heavy atom. The average molecular weight is 185 g/mol. The van der Waals surface area contributed by atoms with Crippen LogP contribution < -0.4 is 0 Å². The van der Waals surface area contributed by atoms with Crippen LogP contribution in [-0.4, -0.2) is 11.7 Å². The molecule has 0 heterocycles. The molecule has 14 heavy (non-hydrogen) atoms. The number of nitriles is 1. The monoisotopic (exact) mass is 185 g/mol. The van der Waals surface area contributed by atoms with Gasteiger partial charge >= 0.3 is 0 Å². The van der Waals surface area contributed by atoms with E-state index in [1.165, 1.54) is 0 Å². The number of aliphatic hydroxyl groups excluding tert-OH is 1. The van der Waals surface area contributed by atoms with Gasteiger partial charge in [-0.3, -0.25) is 0 Å². The molecule has 0 amide bonds. The van der Waals surface area contributed by atoms with Crippen LogP contribution >= 0.6 is 0 Å². The zero-order chi connectivity index (χ0) is 10.6. The molecule has 0 saturated carbocycles. The van der Waals surface area contributed by atoms with Crippen LogP contribution in [0.25, 0.3) is 0 Å². The SMILES string of the molecule is C#Cc1c(C#N)cccc1C(C)CO. The van der Waals surface area contributed by atoms with Crippen molar-refractivity contribution >= 4 is 0 Å². The summed E-state index contributed by atoms with van der Waals surface area (Å²) in [6.45, 7) is 1.90. The fourth-order valence-corrected chi connectivity index (χ4v) is 1.33. The fourth-order valence-electron chi connectivity index (χ4n) is 1.33. The molecule has 0 saturated heterocycles. The molecule has 1 N–H and O–H groups in total. The molecule has 2 heteroatoms. The second-order valence-corrected chi connectivity index (χ2v) is 3.11. The van der Waals surface area contributed by atoms with Crippen molar-refractivity contribution in [2.45, 2.75) is 12.8 Å². The summed E-state index contributed by atoms with van der Waals surface area (Å²) in [7, 11) is 0. The average Bonchev–Trinajstić information content (AvgIpc) is 2.26. The van der Waals surface area contributed by atoms with Gasteiger partial charge in [-0.2, -0.15) is 5.26 Å². The van der Waals surface area contributed by atoms with Crippen molar-refractivity contribution in [2.75, 3.05) is 6.61 Å². The van der Waals surface area contributed by atoms with Gasteiger partial charge in [-0.1, -0.05) is 25.0 Å². The number of hydrogen-bond acceptors (Lipinski definition) is 2. The lowest BCUT2D eigenvalue weighted by Gasteiger charge is -2.11. The summed E-state index contributed by atoms with van der Waals surface area (Å²) in [4.78, 5) is 0. The van der Waals surface area contributed by atoms with Gasteiger partial charge in [0.05, 0.1) is 5.56 Å². The Morgan fingerprint density at radius 3 is 2.79 bits per heavy atom. The van der Waals surface area contributed by atoms with Crippen molar-refractivity contribution in [1.82, 2.24) is 0 Å². The Balaban J connectivity index is 3.33. The topological polar surface area (TPSA) is 44.0 Å². The predicted molar refractivity (Wildman–Crippen MR) is 54.6 cm³/mol. The largest absolute Gasteiger partial charge is 0.396 e. The lowest BCUT2D eigenvalue weighted by Crippen LogP contribution is -2.03. The molecule has 0 bridgehead atoms. The quantitative estimate of drug-likeness (QED) is 0.712. The smallest absolute Gasteiger partial charge is 0.100 e. The maximum Gasteiger partial charge on any atom is 0.100 e. The van der Waals surface area contributed by atoms with E-state index in [2.05, 4.69) is 5.92 Å². The summed E-state index contributed by atoms with van der Waals surface area (Å²) < 4.78 is 0. The van der Waals surface area contributed by atoms with Crippen molar-refractivity contribution in [3.63, 3.8) is 0 Å². The molecular weight excluding hydrogens is 174 g/mol. The third kappa shape index (κ3) is 1.76. The van der Waals surface area contributed by atoms with Gasteiger partial charge in [-0.15, -0.1) is 6.42 Å². The van der Waals surface area contributed by atoms with Crippen LogP contribution in [0.3, 0.4) is 0 Å². The third-order valence-corrected chi connectivity index (χ3v) is 2.17. The molecule has 0 radical (unpaired) electrons. The number of aliphatic hydroxyl groups is 1. The summed E-state index contributed by atoms with van der Waals surface area (Å²) in [5, 5.41) is 17.8. The van der Waals surface area contributed by atoms with E-state index >= 15 is 0 Å². The first-order valence-corrected chi connectivity index (χ1v) is 4.35. The Labute approximate surface area is 83.8 Å². The molecule has 1 aromatic rings. The van der Waals surface area contributed by atoms with E-state index in [1.54, 1.807) is 12.1 Å². The van der Waals surface area contributed by atoms with Crippen LogP contribution in [0.2, 0.25) is 0 Å². The highest BCUT2D eigenvalue weighted by molar-refractivity contribution is 5.52. The number of benzene rings is 1. The zero-order valence-electron chi connectivity index (χ0n) is 7.99. The Hall–Kier alpha value is -1.77. The second-order valence-electron chi connectivity index (χ2n) is 3.11. The van der Waals surface area contributed by atoms with Crippen LogP contribution in [0, 0.1) is 23.7 Å². The lowest BCUT2D eigenvalue weighted by atomic mass is 9.93. The van der Waals surface area contributed by atoms with Crippen molar-refractivity contribution in [2.24, 2.45) is 0 Å². The summed E-state index contributed by atoms with van der Waals surface area (Å²) >= 11 is 0. The van der Waals surface area contributed by atoms with Gasteiger partial charge in [-0.25, -0.2) is 0 Å². The first kappa shape index (κ1) is 10.3. The van der Waals surface area contributed by atoms with Crippen molar-refractivity contribution < 1.29 is 5.11 Å². The normalized spacial score (nSPS) is 11.4. The standard InChI is InChI=1S/C12H11NO/c1-3-11-10(7-13)5-4-6-12(11)9(2)8-14/h1,4-6,9,14H,8H2,2H3. The maximum atomic E-state index is 9.02. The van der Waals surface area contributed by atoms with Crippen molar-refractivity contribution in [3.8, 4) is 18.4 Å². The molecule has 1 rings (SSSR count). The van der Waals surface area contributed by atoms with Crippen LogP contribution in [-0.2, 0) is 0 Å². The van der Waals surface area contributed by atoms with E-state index in [1.807, 2.05) is 19.1 Å². The van der Waals surface area contributed by atoms with Crippen LogP contribution in [0.1, 0.15) is 29.5 Å². The highest BCUT2D eigenvalue weighted by Crippen LogP contribution is 2.21. The predicted octanol–water partition coefficient (Wildman–Crippen LogP) is 1.64. The van der Waals surface area contributed by atoms with Gasteiger partial charge in [0.15, 0.2) is 0 Å². The van der Waals surface area contributed by atoms with Crippen LogP contribution in [0.5, 0.6) is 0 Å². The van der Waals surface area contributed by atoms with Crippen molar-refractivity contribution in [3.05, 3.63) is 34.9 Å². The Morgan fingerprint density at radius 2 is 2.29 bits per heavy atom. The van der Waals surface area contributed by atoms with Crippen LogP contribution in [0.4, 0.5) is 0 Å². The van der Waals surface area contributed by atoms with E-state index < -0.39 is 0 Å². The van der Waals surface area contributed by atoms with Gasteiger partial charge in [0.1, 0.15) is 6.07 Å². The van der Waals surface area contributed by atoms with Crippen LogP contribution in [0.15, 0.2) is 18.2 Å². The van der Waals surface area contributed by atoms with Gasteiger partial charge in [0.25, 0.3) is 0 Å². The van der Waals surface area contributed by atoms with E-state index in [9.17, 15) is 0 Å². The van der Waals surface area contributed by atoms with Gasteiger partial charge in [0.2, 0.25) is 0 Å². The number of hydrogen-bond donors (Lipinski definition) is 1. The molecule has 0 aliphatic rings. The number of rotatable bonds is 2. The molecule has 0 aliphatic carbocycles. The number of terminal acetylenes is 1. The van der Waals surface area contributed by atoms with E-state index in [4.69, 9.17) is 16.8 Å². The molecule has 0 spiro atoms. The summed E-state index contributed by atoms with van der Waals surface area (Å²) in [5.41, 5.74) is 1.94. The van der Waals surface area contributed by atoms with E-state index in [0.717, 1.165) is 5.56 Å². The summed E-state index contributed by atoms with van der Waals surface area (Å²) in [6.07, 6.45) is 5.34. The van der Waals surface area contributed by atoms with E-state index in [-0.39, 0.29) is 12.5 Å². The minimum Gasteiger partial charge on any atom is -0.396 e. The molecule has 0 fully saturated rings. The minimum atomic E-state index is -0.0330. The molecule has 1 unspecified atom stereocenters. The maximum absolute atomic E-state index is 9.02. The minimum absolute atomic E-state index is 0.0313. The first-order chi connectivity index (χ1) is 6.74. The fraction of sp³-hybridized carbons (Fsp3) is 0.250. The van der Waals surface area contributed by atoms with Gasteiger partial charge in [0, 0.05) is 18.1 Å². The van der Waals surface area contributed by atoms with E-state index in [0.29, 0.717) is 11.1 Å². The lowest BCUT2D eigenvalue weighted by molar-refractivity contribution is 0.273.